The average Bonchev–Trinajstić information content (AvgIpc) is 2.38. The van der Waals surface area contributed by atoms with Crippen LogP contribution in [0.25, 0.3) is 0 Å². The summed E-state index contributed by atoms with van der Waals surface area (Å²) in [6, 6.07) is 0. The molecule has 0 spiro atoms. The molecule has 0 saturated heterocycles. The number of carbonyl (C=O) groups is 1. The summed E-state index contributed by atoms with van der Waals surface area (Å²) < 4.78 is 12.0. The fourth-order valence-corrected chi connectivity index (χ4v) is 4.53. The van der Waals surface area contributed by atoms with Crippen LogP contribution in [0.5, 0.6) is 0 Å². The zero-order chi connectivity index (χ0) is 15.8. The van der Waals surface area contributed by atoms with E-state index in [9.17, 15) is 4.79 Å². The van der Waals surface area contributed by atoms with Gasteiger partial charge in [0.25, 0.3) is 0 Å². The van der Waals surface area contributed by atoms with E-state index in [-0.39, 0.29) is 23.0 Å². The summed E-state index contributed by atoms with van der Waals surface area (Å²) in [6.45, 7) is 13.6. The molecule has 0 aromatic heterocycles. The Bertz CT molecular complexity index is 422. The largest absolute Gasteiger partial charge is 0.466 e. The lowest BCUT2D eigenvalue weighted by molar-refractivity contribution is -0.157. The maximum atomic E-state index is 12.4. The second-order valence-electron chi connectivity index (χ2n) is 7.91. The van der Waals surface area contributed by atoms with Crippen molar-refractivity contribution < 1.29 is 14.0 Å². The van der Waals surface area contributed by atoms with Crippen LogP contribution in [0.1, 0.15) is 40.5 Å². The van der Waals surface area contributed by atoms with Gasteiger partial charge in [0.2, 0.25) is 0 Å². The maximum Gasteiger partial charge on any atom is 0.312 e. The Hall–Kier alpha value is -0.613. The maximum absolute atomic E-state index is 12.4. The smallest absolute Gasteiger partial charge is 0.312 e. The molecule has 0 aromatic carbocycles. The molecule has 0 N–H and O–H groups in total. The van der Waals surface area contributed by atoms with Gasteiger partial charge in [-0.2, -0.15) is 0 Å². The summed E-state index contributed by atoms with van der Waals surface area (Å²) in [6.07, 6.45) is 6.70. The van der Waals surface area contributed by atoms with E-state index in [4.69, 9.17) is 9.16 Å². The highest BCUT2D eigenvalue weighted by molar-refractivity contribution is 6.74. The molecule has 3 aliphatic carbocycles. The van der Waals surface area contributed by atoms with Crippen LogP contribution in [-0.4, -0.2) is 27.0 Å². The molecule has 2 bridgehead atoms. The molecule has 3 aliphatic rings. The fourth-order valence-electron chi connectivity index (χ4n) is 3.17. The molecule has 120 valence electrons. The van der Waals surface area contributed by atoms with Crippen LogP contribution >= 0.6 is 0 Å². The molecule has 0 amide bonds. The third-order valence-electron chi connectivity index (χ3n) is 5.47. The monoisotopic (exact) mass is 310 g/mol. The van der Waals surface area contributed by atoms with Crippen molar-refractivity contribution in [3.63, 3.8) is 0 Å². The first-order chi connectivity index (χ1) is 9.67. The number of hydrogen-bond donors (Lipinski definition) is 0. The molecule has 0 aliphatic heterocycles. The van der Waals surface area contributed by atoms with Crippen LogP contribution in [0.2, 0.25) is 18.1 Å². The quantitative estimate of drug-likeness (QED) is 0.444. The summed E-state index contributed by atoms with van der Waals surface area (Å²) in [5.41, 5.74) is 0. The Morgan fingerprint density at radius 3 is 2.24 bits per heavy atom. The van der Waals surface area contributed by atoms with Gasteiger partial charge < -0.3 is 9.16 Å². The molecule has 0 aromatic rings. The van der Waals surface area contributed by atoms with Crippen LogP contribution in [0.15, 0.2) is 12.2 Å². The van der Waals surface area contributed by atoms with Crippen molar-refractivity contribution in [3.05, 3.63) is 12.2 Å². The van der Waals surface area contributed by atoms with Crippen molar-refractivity contribution in [2.75, 3.05) is 6.61 Å². The molecule has 3 unspecified atom stereocenters. The number of allylic oxidation sites excluding steroid dienone is 1. The van der Waals surface area contributed by atoms with Crippen molar-refractivity contribution in [1.29, 1.82) is 0 Å². The Kier molecular flexibility index (Phi) is 4.69. The average molecular weight is 311 g/mol. The lowest BCUT2D eigenvalue weighted by Crippen LogP contribution is -2.54. The Balaban J connectivity index is 2.23. The fraction of sp³-hybridized carbons (Fsp3) is 0.824. The summed E-state index contributed by atoms with van der Waals surface area (Å²) in [4.78, 5) is 12.4. The lowest BCUT2D eigenvalue weighted by atomic mass is 9.67. The lowest BCUT2D eigenvalue weighted by Gasteiger charge is -2.48. The van der Waals surface area contributed by atoms with Gasteiger partial charge in [-0.1, -0.05) is 32.9 Å². The number of hydrogen-bond acceptors (Lipinski definition) is 3. The molecular formula is C17H30O3Si. The SMILES string of the molecule is CCOC(=O)C1C(O[Si](C)(C)C(C)(C)C)C2C=C[C@H]1CC2. The topological polar surface area (TPSA) is 35.5 Å². The van der Waals surface area contributed by atoms with E-state index in [2.05, 4.69) is 46.0 Å². The van der Waals surface area contributed by atoms with Crippen LogP contribution in [-0.2, 0) is 14.0 Å². The van der Waals surface area contributed by atoms with Crippen molar-refractivity contribution in [2.45, 2.75) is 64.8 Å². The number of rotatable bonds is 4. The Morgan fingerprint density at radius 2 is 1.76 bits per heavy atom. The van der Waals surface area contributed by atoms with Gasteiger partial charge in [-0.3, -0.25) is 4.79 Å². The molecule has 1 saturated carbocycles. The van der Waals surface area contributed by atoms with Crippen molar-refractivity contribution in [2.24, 2.45) is 17.8 Å². The highest BCUT2D eigenvalue weighted by atomic mass is 28.4. The molecular weight excluding hydrogens is 280 g/mol. The van der Waals surface area contributed by atoms with Gasteiger partial charge in [0, 0.05) is 5.92 Å². The summed E-state index contributed by atoms with van der Waals surface area (Å²) in [5, 5.41) is 0.159. The van der Waals surface area contributed by atoms with Crippen LogP contribution in [0.4, 0.5) is 0 Å². The molecule has 3 nitrogen and oxygen atoms in total. The number of esters is 1. The highest BCUT2D eigenvalue weighted by Crippen LogP contribution is 2.46. The zero-order valence-corrected chi connectivity index (χ0v) is 15.3. The second-order valence-corrected chi connectivity index (χ2v) is 12.7. The minimum absolute atomic E-state index is 0.00805. The molecule has 3 rings (SSSR count). The van der Waals surface area contributed by atoms with E-state index in [1.165, 1.54) is 0 Å². The number of fused-ring (bicyclic) bond motifs is 2. The van der Waals surface area contributed by atoms with E-state index in [1.807, 2.05) is 6.92 Å². The normalized spacial score (nSPS) is 32.3. The van der Waals surface area contributed by atoms with Crippen molar-refractivity contribution in [3.8, 4) is 0 Å². The zero-order valence-electron chi connectivity index (χ0n) is 14.3. The van der Waals surface area contributed by atoms with Gasteiger partial charge in [-0.15, -0.1) is 0 Å². The first-order valence-electron chi connectivity index (χ1n) is 8.20. The minimum Gasteiger partial charge on any atom is -0.466 e. The summed E-state index contributed by atoms with van der Waals surface area (Å²) >= 11 is 0. The second kappa shape index (κ2) is 5.88. The number of carbonyl (C=O) groups excluding carboxylic acids is 1. The van der Waals surface area contributed by atoms with Gasteiger partial charge in [0.1, 0.15) is 0 Å². The third-order valence-corrected chi connectivity index (χ3v) is 9.95. The highest BCUT2D eigenvalue weighted by Gasteiger charge is 2.50. The first kappa shape index (κ1) is 16.8. The summed E-state index contributed by atoms with van der Waals surface area (Å²) in [7, 11) is -1.88. The van der Waals surface area contributed by atoms with Gasteiger partial charge in [0.05, 0.1) is 18.6 Å². The molecule has 21 heavy (non-hydrogen) atoms. The van der Waals surface area contributed by atoms with E-state index in [0.29, 0.717) is 18.4 Å². The first-order valence-corrected chi connectivity index (χ1v) is 11.1. The van der Waals surface area contributed by atoms with E-state index in [0.717, 1.165) is 12.8 Å². The molecule has 4 atom stereocenters. The van der Waals surface area contributed by atoms with Gasteiger partial charge in [-0.05, 0) is 43.8 Å². The van der Waals surface area contributed by atoms with Gasteiger partial charge in [-0.25, -0.2) is 0 Å². The standard InChI is InChI=1S/C17H30O3Si/c1-7-19-16(18)14-12-8-10-13(11-9-12)15(14)20-21(5,6)17(2,3)4/h8,10,12-15H,7,9,11H2,1-6H3/t12-,13?,14?,15?/m0/s1. The summed E-state index contributed by atoms with van der Waals surface area (Å²) in [5.74, 6) is 0.491. The minimum atomic E-state index is -1.88. The van der Waals surface area contributed by atoms with Crippen molar-refractivity contribution in [1.82, 2.24) is 0 Å². The molecule has 0 heterocycles. The van der Waals surface area contributed by atoms with E-state index >= 15 is 0 Å². The molecule has 4 heteroatoms. The van der Waals surface area contributed by atoms with E-state index in [1.54, 1.807) is 0 Å². The van der Waals surface area contributed by atoms with E-state index < -0.39 is 8.32 Å². The van der Waals surface area contributed by atoms with Crippen LogP contribution < -0.4 is 0 Å². The Labute approximate surface area is 130 Å². The third kappa shape index (κ3) is 3.26. The van der Waals surface area contributed by atoms with Crippen LogP contribution in [0.3, 0.4) is 0 Å². The van der Waals surface area contributed by atoms with Crippen LogP contribution in [0, 0.1) is 17.8 Å². The predicted molar refractivity (Wildman–Crippen MR) is 87.5 cm³/mol. The van der Waals surface area contributed by atoms with Gasteiger partial charge >= 0.3 is 5.97 Å². The number of ether oxygens (including phenoxy) is 1. The van der Waals surface area contributed by atoms with Crippen molar-refractivity contribution >= 4 is 14.3 Å². The predicted octanol–water partition coefficient (Wildman–Crippen LogP) is 4.15. The molecule has 1 fully saturated rings. The Morgan fingerprint density at radius 1 is 1.19 bits per heavy atom. The van der Waals surface area contributed by atoms with Gasteiger partial charge in [0.15, 0.2) is 8.32 Å². The molecule has 0 radical (unpaired) electrons.